The number of esters is 1. The molecule has 0 aliphatic carbocycles. The molecule has 0 spiro atoms. The van der Waals surface area contributed by atoms with Crippen LogP contribution in [0.15, 0.2) is 23.4 Å². The molecule has 0 N–H and O–H groups in total. The van der Waals surface area contributed by atoms with Crippen LogP contribution in [0.25, 0.3) is 0 Å². The van der Waals surface area contributed by atoms with Crippen LogP contribution in [0.2, 0.25) is 0 Å². The molecule has 0 aliphatic heterocycles. The molecule has 0 aromatic carbocycles. The van der Waals surface area contributed by atoms with Gasteiger partial charge in [-0.25, -0.2) is 13.4 Å². The van der Waals surface area contributed by atoms with Crippen molar-refractivity contribution in [2.45, 2.75) is 11.9 Å². The first-order chi connectivity index (χ1) is 6.41. The zero-order chi connectivity index (χ0) is 10.8. The maximum Gasteiger partial charge on any atom is 0.308 e. The monoisotopic (exact) mass is 215 g/mol. The summed E-state index contributed by atoms with van der Waals surface area (Å²) in [5.41, 5.74) is 0. The van der Waals surface area contributed by atoms with Gasteiger partial charge in [0.25, 0.3) is 0 Å². The van der Waals surface area contributed by atoms with E-state index in [0.29, 0.717) is 0 Å². The van der Waals surface area contributed by atoms with Crippen LogP contribution in [0.4, 0.5) is 0 Å². The quantitative estimate of drug-likeness (QED) is 0.668. The highest BCUT2D eigenvalue weighted by Crippen LogP contribution is 2.20. The zero-order valence-electron chi connectivity index (χ0n) is 7.72. The maximum atomic E-state index is 11.2. The van der Waals surface area contributed by atoms with Crippen LogP contribution < -0.4 is 4.74 Å². The summed E-state index contributed by atoms with van der Waals surface area (Å²) < 4.78 is 27.1. The number of hydrogen-bond acceptors (Lipinski definition) is 5. The van der Waals surface area contributed by atoms with E-state index in [4.69, 9.17) is 4.74 Å². The van der Waals surface area contributed by atoms with Gasteiger partial charge in [-0.15, -0.1) is 0 Å². The van der Waals surface area contributed by atoms with Crippen LogP contribution >= 0.6 is 0 Å². The molecule has 1 rings (SSSR count). The van der Waals surface area contributed by atoms with Crippen molar-refractivity contribution < 1.29 is 17.9 Å². The third-order valence-electron chi connectivity index (χ3n) is 1.34. The molecular formula is C8H9NO4S. The first-order valence-corrected chi connectivity index (χ1v) is 5.64. The van der Waals surface area contributed by atoms with E-state index in [-0.39, 0.29) is 10.8 Å². The molecule has 1 heterocycles. The van der Waals surface area contributed by atoms with Gasteiger partial charge in [-0.05, 0) is 12.1 Å². The fourth-order valence-corrected chi connectivity index (χ4v) is 1.61. The minimum Gasteiger partial charge on any atom is -0.424 e. The SMILES string of the molecule is CC(=O)Oc1cccnc1S(C)(=O)=O. The number of sulfone groups is 1. The first-order valence-electron chi connectivity index (χ1n) is 3.75. The Hall–Kier alpha value is -1.43. The van der Waals surface area contributed by atoms with Gasteiger partial charge in [-0.3, -0.25) is 4.79 Å². The minimum atomic E-state index is -3.47. The van der Waals surface area contributed by atoms with Crippen LogP contribution in [0, 0.1) is 0 Å². The van der Waals surface area contributed by atoms with Crippen molar-refractivity contribution >= 4 is 15.8 Å². The van der Waals surface area contributed by atoms with Crippen molar-refractivity contribution in [2.75, 3.05) is 6.26 Å². The Bertz CT molecular complexity index is 452. The molecule has 0 unspecified atom stereocenters. The van der Waals surface area contributed by atoms with Crippen LogP contribution in [0.1, 0.15) is 6.92 Å². The molecule has 14 heavy (non-hydrogen) atoms. The summed E-state index contributed by atoms with van der Waals surface area (Å²) in [5, 5.41) is -0.227. The lowest BCUT2D eigenvalue weighted by molar-refractivity contribution is -0.132. The van der Waals surface area contributed by atoms with Crippen molar-refractivity contribution in [3.8, 4) is 5.75 Å². The van der Waals surface area contributed by atoms with Crippen molar-refractivity contribution in [1.29, 1.82) is 0 Å². The summed E-state index contributed by atoms with van der Waals surface area (Å²) in [6.45, 7) is 1.19. The average molecular weight is 215 g/mol. The van der Waals surface area contributed by atoms with Gasteiger partial charge in [0.1, 0.15) is 0 Å². The van der Waals surface area contributed by atoms with Crippen LogP contribution in [-0.4, -0.2) is 25.6 Å². The Labute approximate surface area is 81.6 Å². The van der Waals surface area contributed by atoms with Gasteiger partial charge in [-0.2, -0.15) is 0 Å². The Kier molecular flexibility index (Phi) is 2.85. The number of rotatable bonds is 2. The van der Waals surface area contributed by atoms with Crippen molar-refractivity contribution in [3.05, 3.63) is 18.3 Å². The van der Waals surface area contributed by atoms with E-state index in [1.54, 1.807) is 0 Å². The second kappa shape index (κ2) is 3.75. The lowest BCUT2D eigenvalue weighted by Gasteiger charge is -2.04. The molecule has 0 fully saturated rings. The van der Waals surface area contributed by atoms with Gasteiger partial charge in [-0.1, -0.05) is 0 Å². The molecule has 6 heteroatoms. The molecule has 0 atom stereocenters. The van der Waals surface area contributed by atoms with E-state index < -0.39 is 15.8 Å². The molecule has 0 amide bonds. The van der Waals surface area contributed by atoms with E-state index in [2.05, 4.69) is 4.98 Å². The van der Waals surface area contributed by atoms with Crippen LogP contribution in [0.5, 0.6) is 5.75 Å². The minimum absolute atomic E-state index is 0.0394. The number of hydrogen-bond donors (Lipinski definition) is 0. The number of aromatic nitrogens is 1. The summed E-state index contributed by atoms with van der Waals surface area (Å²) >= 11 is 0. The summed E-state index contributed by atoms with van der Waals surface area (Å²) in [5.74, 6) is -0.620. The second-order valence-corrected chi connectivity index (χ2v) is 4.60. The van der Waals surface area contributed by atoms with Gasteiger partial charge < -0.3 is 4.74 Å². The smallest absolute Gasteiger partial charge is 0.308 e. The predicted molar refractivity (Wildman–Crippen MR) is 48.7 cm³/mol. The molecular weight excluding hydrogens is 206 g/mol. The maximum absolute atomic E-state index is 11.2. The molecule has 76 valence electrons. The number of nitrogens with zero attached hydrogens (tertiary/aromatic N) is 1. The molecule has 5 nitrogen and oxygen atoms in total. The van der Waals surface area contributed by atoms with E-state index in [9.17, 15) is 13.2 Å². The number of ether oxygens (including phenoxy) is 1. The second-order valence-electron chi connectivity index (χ2n) is 2.67. The third kappa shape index (κ3) is 2.53. The van der Waals surface area contributed by atoms with E-state index in [1.807, 2.05) is 0 Å². The number of pyridine rings is 1. The first kappa shape index (κ1) is 10.6. The molecule has 1 aromatic rings. The fourth-order valence-electron chi connectivity index (χ4n) is 0.887. The average Bonchev–Trinajstić information content (AvgIpc) is 2.01. The lowest BCUT2D eigenvalue weighted by Crippen LogP contribution is -2.08. The van der Waals surface area contributed by atoms with Gasteiger partial charge >= 0.3 is 5.97 Å². The van der Waals surface area contributed by atoms with Crippen molar-refractivity contribution in [1.82, 2.24) is 4.98 Å². The topological polar surface area (TPSA) is 73.3 Å². The molecule has 0 saturated heterocycles. The van der Waals surface area contributed by atoms with Crippen LogP contribution in [0.3, 0.4) is 0 Å². The molecule has 1 aromatic heterocycles. The Balaban J connectivity index is 3.23. The van der Waals surface area contributed by atoms with E-state index in [1.165, 1.54) is 25.3 Å². The van der Waals surface area contributed by atoms with Gasteiger partial charge in [0, 0.05) is 19.4 Å². The van der Waals surface area contributed by atoms with Crippen LogP contribution in [-0.2, 0) is 14.6 Å². The van der Waals surface area contributed by atoms with Gasteiger partial charge in [0.2, 0.25) is 0 Å². The highest BCUT2D eigenvalue weighted by atomic mass is 32.2. The summed E-state index contributed by atoms with van der Waals surface area (Å²) in [6, 6.07) is 2.87. The third-order valence-corrected chi connectivity index (χ3v) is 2.35. The highest BCUT2D eigenvalue weighted by molar-refractivity contribution is 7.90. The summed E-state index contributed by atoms with van der Waals surface area (Å²) in [6.07, 6.45) is 2.33. The molecule has 0 saturated carbocycles. The molecule has 0 aliphatic rings. The Morgan fingerprint density at radius 2 is 2.14 bits per heavy atom. The number of carbonyl (C=O) groups excluding carboxylic acids is 1. The Morgan fingerprint density at radius 1 is 1.50 bits per heavy atom. The predicted octanol–water partition coefficient (Wildman–Crippen LogP) is 0.410. The van der Waals surface area contributed by atoms with E-state index in [0.717, 1.165) is 6.26 Å². The summed E-state index contributed by atoms with van der Waals surface area (Å²) in [4.78, 5) is 14.3. The molecule has 0 radical (unpaired) electrons. The number of carbonyl (C=O) groups is 1. The standard InChI is InChI=1S/C8H9NO4S/c1-6(10)13-7-4-3-5-9-8(7)14(2,11)12/h3-5H,1-2H3. The highest BCUT2D eigenvalue weighted by Gasteiger charge is 2.16. The fraction of sp³-hybridized carbons (Fsp3) is 0.250. The normalized spacial score (nSPS) is 11.0. The van der Waals surface area contributed by atoms with E-state index >= 15 is 0 Å². The lowest BCUT2D eigenvalue weighted by atomic mass is 10.5. The molecule has 0 bridgehead atoms. The summed E-state index contributed by atoms with van der Waals surface area (Å²) in [7, 11) is -3.47. The Morgan fingerprint density at radius 3 is 2.64 bits per heavy atom. The zero-order valence-corrected chi connectivity index (χ0v) is 8.54. The van der Waals surface area contributed by atoms with Gasteiger partial charge in [0.05, 0.1) is 0 Å². The largest absolute Gasteiger partial charge is 0.424 e. The van der Waals surface area contributed by atoms with Gasteiger partial charge in [0.15, 0.2) is 20.6 Å². The van der Waals surface area contributed by atoms with Crippen molar-refractivity contribution in [3.63, 3.8) is 0 Å². The van der Waals surface area contributed by atoms with Crippen molar-refractivity contribution in [2.24, 2.45) is 0 Å².